The summed E-state index contributed by atoms with van der Waals surface area (Å²) in [7, 11) is -2.56. The number of esters is 1. The third-order valence-corrected chi connectivity index (χ3v) is 4.91. The number of furan rings is 1. The van der Waals surface area contributed by atoms with Crippen molar-refractivity contribution >= 4 is 21.7 Å². The van der Waals surface area contributed by atoms with Gasteiger partial charge in [0.2, 0.25) is 0 Å². The van der Waals surface area contributed by atoms with Crippen LogP contribution >= 0.6 is 0 Å². The molecule has 0 spiro atoms. The molecule has 0 atom stereocenters. The van der Waals surface area contributed by atoms with Crippen LogP contribution in [-0.2, 0) is 14.8 Å². The van der Waals surface area contributed by atoms with Crippen LogP contribution in [-0.4, -0.2) is 21.5 Å². The number of rotatable bonds is 5. The molecule has 2 aromatic carbocycles. The molecule has 0 radical (unpaired) electrons. The second kappa shape index (κ2) is 6.82. The number of hydrogen-bond acceptors (Lipinski definition) is 5. The summed E-state index contributed by atoms with van der Waals surface area (Å²) in [5.41, 5.74) is 0.961. The van der Waals surface area contributed by atoms with Crippen molar-refractivity contribution in [2.75, 3.05) is 11.8 Å². The van der Waals surface area contributed by atoms with E-state index in [1.807, 2.05) is 0 Å². The van der Waals surface area contributed by atoms with E-state index in [0.717, 1.165) is 0 Å². The fraction of sp³-hybridized carbons (Fsp3) is 0.0556. The monoisotopic (exact) mass is 357 g/mol. The van der Waals surface area contributed by atoms with Gasteiger partial charge in [-0.25, -0.2) is 13.2 Å². The number of hydrogen-bond donors (Lipinski definition) is 1. The van der Waals surface area contributed by atoms with Crippen LogP contribution in [0.5, 0.6) is 0 Å². The van der Waals surface area contributed by atoms with E-state index in [4.69, 9.17) is 9.15 Å². The van der Waals surface area contributed by atoms with Crippen LogP contribution in [0.15, 0.2) is 76.2 Å². The van der Waals surface area contributed by atoms with Gasteiger partial charge in [0.1, 0.15) is 5.76 Å². The van der Waals surface area contributed by atoms with Crippen LogP contribution < -0.4 is 4.72 Å². The van der Waals surface area contributed by atoms with Gasteiger partial charge in [0.25, 0.3) is 10.0 Å². The van der Waals surface area contributed by atoms with Gasteiger partial charge in [-0.05, 0) is 42.5 Å². The van der Waals surface area contributed by atoms with E-state index in [-0.39, 0.29) is 16.1 Å². The second-order valence-corrected chi connectivity index (χ2v) is 6.83. The highest BCUT2D eigenvalue weighted by atomic mass is 32.2. The number of anilines is 1. The smallest absolute Gasteiger partial charge is 0.337 e. The Morgan fingerprint density at radius 2 is 1.80 bits per heavy atom. The van der Waals surface area contributed by atoms with Crippen molar-refractivity contribution < 1.29 is 22.4 Å². The molecule has 6 nitrogen and oxygen atoms in total. The zero-order chi connectivity index (χ0) is 17.9. The summed E-state index contributed by atoms with van der Waals surface area (Å²) in [6.07, 6.45) is 1.49. The third kappa shape index (κ3) is 3.56. The number of methoxy groups -OCH3 is 1. The van der Waals surface area contributed by atoms with Crippen LogP contribution in [0.3, 0.4) is 0 Å². The Hall–Kier alpha value is -3.06. The van der Waals surface area contributed by atoms with Crippen LogP contribution in [0.1, 0.15) is 10.4 Å². The standard InChI is InChI=1S/C18H15NO5S/c1-23-18(20)13-9-10-15(17-8-5-11-24-17)16(12-13)19-25(21,22)14-6-3-2-4-7-14/h2-12,19H,1H3. The summed E-state index contributed by atoms with van der Waals surface area (Å²) in [6.45, 7) is 0. The third-order valence-electron chi connectivity index (χ3n) is 3.53. The van der Waals surface area contributed by atoms with E-state index < -0.39 is 16.0 Å². The zero-order valence-corrected chi connectivity index (χ0v) is 14.1. The molecule has 0 bridgehead atoms. The van der Waals surface area contributed by atoms with Gasteiger partial charge < -0.3 is 9.15 Å². The van der Waals surface area contributed by atoms with Crippen molar-refractivity contribution in [2.45, 2.75) is 4.90 Å². The minimum Gasteiger partial charge on any atom is -0.465 e. The number of carbonyl (C=O) groups is 1. The molecule has 128 valence electrons. The normalized spacial score (nSPS) is 11.1. The molecule has 0 fully saturated rings. The second-order valence-electron chi connectivity index (χ2n) is 5.15. The van der Waals surface area contributed by atoms with E-state index in [9.17, 15) is 13.2 Å². The summed E-state index contributed by atoms with van der Waals surface area (Å²) in [5, 5.41) is 0. The Balaban J connectivity index is 2.08. The van der Waals surface area contributed by atoms with E-state index >= 15 is 0 Å². The van der Waals surface area contributed by atoms with Crippen LogP contribution in [0.4, 0.5) is 5.69 Å². The fourth-order valence-corrected chi connectivity index (χ4v) is 3.42. The Morgan fingerprint density at radius 3 is 2.44 bits per heavy atom. The summed E-state index contributed by atoms with van der Waals surface area (Å²) in [5.74, 6) is -0.0895. The lowest BCUT2D eigenvalue weighted by Crippen LogP contribution is -2.14. The van der Waals surface area contributed by atoms with Gasteiger partial charge in [-0.3, -0.25) is 4.72 Å². The predicted octanol–water partition coefficient (Wildman–Crippen LogP) is 3.53. The van der Waals surface area contributed by atoms with Gasteiger partial charge in [0.05, 0.1) is 29.5 Å². The lowest BCUT2D eigenvalue weighted by molar-refractivity contribution is 0.0601. The first-order valence-electron chi connectivity index (χ1n) is 7.35. The van der Waals surface area contributed by atoms with E-state index in [1.54, 1.807) is 42.5 Å². The average Bonchev–Trinajstić information content (AvgIpc) is 3.16. The molecule has 3 aromatic rings. The number of carbonyl (C=O) groups excluding carboxylic acids is 1. The molecule has 1 heterocycles. The van der Waals surface area contributed by atoms with Crippen LogP contribution in [0, 0.1) is 0 Å². The molecule has 1 N–H and O–H groups in total. The summed E-state index contributed by atoms with van der Waals surface area (Å²) in [6, 6.07) is 15.9. The summed E-state index contributed by atoms with van der Waals surface area (Å²) in [4.78, 5) is 11.9. The van der Waals surface area contributed by atoms with Crippen LogP contribution in [0.2, 0.25) is 0 Å². The first-order chi connectivity index (χ1) is 12.0. The lowest BCUT2D eigenvalue weighted by atomic mass is 10.1. The molecule has 0 unspecified atom stereocenters. The Labute approximate surface area is 145 Å². The molecule has 0 saturated heterocycles. The number of nitrogens with one attached hydrogen (secondary N) is 1. The SMILES string of the molecule is COC(=O)c1ccc(-c2ccco2)c(NS(=O)(=O)c2ccccc2)c1. The molecule has 0 aliphatic rings. The molecule has 0 saturated carbocycles. The zero-order valence-electron chi connectivity index (χ0n) is 13.3. The molecule has 0 amide bonds. The molecule has 25 heavy (non-hydrogen) atoms. The van der Waals surface area contributed by atoms with Gasteiger partial charge in [-0.2, -0.15) is 0 Å². The van der Waals surface area contributed by atoms with Crippen molar-refractivity contribution in [3.63, 3.8) is 0 Å². The molecule has 0 aliphatic carbocycles. The predicted molar refractivity (Wildman–Crippen MR) is 92.7 cm³/mol. The van der Waals surface area contributed by atoms with Crippen molar-refractivity contribution in [3.8, 4) is 11.3 Å². The largest absolute Gasteiger partial charge is 0.465 e. The highest BCUT2D eigenvalue weighted by molar-refractivity contribution is 7.92. The number of ether oxygens (including phenoxy) is 1. The maximum absolute atomic E-state index is 12.6. The minimum atomic E-state index is -3.82. The van der Waals surface area contributed by atoms with Crippen LogP contribution in [0.25, 0.3) is 11.3 Å². The Bertz CT molecular complexity index is 980. The van der Waals surface area contributed by atoms with Crippen molar-refractivity contribution in [1.29, 1.82) is 0 Å². The van der Waals surface area contributed by atoms with Gasteiger partial charge in [-0.15, -0.1) is 0 Å². The lowest BCUT2D eigenvalue weighted by Gasteiger charge is -2.13. The van der Waals surface area contributed by atoms with Gasteiger partial charge >= 0.3 is 5.97 Å². The van der Waals surface area contributed by atoms with Crippen molar-refractivity contribution in [1.82, 2.24) is 0 Å². The topological polar surface area (TPSA) is 85.6 Å². The van der Waals surface area contributed by atoms with Gasteiger partial charge in [0.15, 0.2) is 0 Å². The average molecular weight is 357 g/mol. The summed E-state index contributed by atoms with van der Waals surface area (Å²) < 4.78 is 37.8. The highest BCUT2D eigenvalue weighted by Gasteiger charge is 2.19. The molecule has 3 rings (SSSR count). The van der Waals surface area contributed by atoms with E-state index in [0.29, 0.717) is 11.3 Å². The maximum Gasteiger partial charge on any atom is 0.337 e. The number of sulfonamides is 1. The summed E-state index contributed by atoms with van der Waals surface area (Å²) >= 11 is 0. The molecular weight excluding hydrogens is 342 g/mol. The fourth-order valence-electron chi connectivity index (χ4n) is 2.32. The first kappa shape index (κ1) is 16.8. The van der Waals surface area contributed by atoms with Gasteiger partial charge in [-0.1, -0.05) is 18.2 Å². The molecule has 1 aromatic heterocycles. The Kier molecular flexibility index (Phi) is 4.58. The highest BCUT2D eigenvalue weighted by Crippen LogP contribution is 2.31. The molecular formula is C18H15NO5S. The van der Waals surface area contributed by atoms with E-state index in [1.165, 1.54) is 31.6 Å². The molecule has 7 heteroatoms. The Morgan fingerprint density at radius 1 is 1.04 bits per heavy atom. The van der Waals surface area contributed by atoms with Crippen molar-refractivity contribution in [2.24, 2.45) is 0 Å². The van der Waals surface area contributed by atoms with E-state index in [2.05, 4.69) is 4.72 Å². The first-order valence-corrected chi connectivity index (χ1v) is 8.84. The number of benzene rings is 2. The maximum atomic E-state index is 12.6. The van der Waals surface area contributed by atoms with Crippen molar-refractivity contribution in [3.05, 3.63) is 72.5 Å². The van der Waals surface area contributed by atoms with Gasteiger partial charge in [0, 0.05) is 5.56 Å². The molecule has 0 aliphatic heterocycles. The quantitative estimate of drug-likeness (QED) is 0.706. The minimum absolute atomic E-state index is 0.115.